The topological polar surface area (TPSA) is 24.5 Å². The first-order valence-corrected chi connectivity index (χ1v) is 8.59. The van der Waals surface area contributed by atoms with E-state index in [1.54, 1.807) is 0 Å². The minimum atomic E-state index is 0.840. The molecule has 1 heterocycles. The molecule has 0 spiro atoms. The highest BCUT2D eigenvalue weighted by molar-refractivity contribution is 5.58. The first-order chi connectivity index (χ1) is 10.4. The summed E-state index contributed by atoms with van der Waals surface area (Å²) >= 11 is 0. The minimum Gasteiger partial charge on any atom is -0.491 e. The van der Waals surface area contributed by atoms with Crippen LogP contribution in [0.3, 0.4) is 0 Å². The normalized spacial score (nSPS) is 15.8. The molecule has 3 heteroatoms. The first kappa shape index (κ1) is 16.2. The number of nitrogens with one attached hydrogen (secondary N) is 1. The summed E-state index contributed by atoms with van der Waals surface area (Å²) in [4.78, 5) is 2.45. The van der Waals surface area contributed by atoms with Crippen LogP contribution in [-0.4, -0.2) is 32.8 Å². The monoisotopic (exact) mass is 290 g/mol. The number of anilines is 1. The van der Waals surface area contributed by atoms with E-state index in [1.165, 1.54) is 37.8 Å². The van der Waals surface area contributed by atoms with Crippen LogP contribution in [0.15, 0.2) is 24.3 Å². The standard InChI is InChI=1S/C18H30N2O/c1-2-3-4-5-8-16-21-18-11-7-6-10-17(18)20-14-9-12-19-13-15-20/h6-7,10-11,19H,2-5,8-9,12-16H2,1H3. The molecule has 2 rings (SSSR count). The highest BCUT2D eigenvalue weighted by Crippen LogP contribution is 2.28. The lowest BCUT2D eigenvalue weighted by molar-refractivity contribution is 0.305. The van der Waals surface area contributed by atoms with Gasteiger partial charge in [-0.2, -0.15) is 0 Å². The zero-order valence-corrected chi connectivity index (χ0v) is 13.4. The first-order valence-electron chi connectivity index (χ1n) is 8.59. The van der Waals surface area contributed by atoms with Gasteiger partial charge < -0.3 is 15.0 Å². The SMILES string of the molecule is CCCCCCCOc1ccccc1N1CCCNCC1. The fourth-order valence-corrected chi connectivity index (χ4v) is 2.81. The molecule has 118 valence electrons. The van der Waals surface area contributed by atoms with Crippen LogP contribution in [0.25, 0.3) is 0 Å². The van der Waals surface area contributed by atoms with E-state index in [2.05, 4.69) is 41.4 Å². The number of nitrogens with zero attached hydrogens (tertiary/aromatic N) is 1. The number of para-hydroxylation sites is 2. The van der Waals surface area contributed by atoms with Crippen molar-refractivity contribution in [3.05, 3.63) is 24.3 Å². The Balaban J connectivity index is 1.84. The van der Waals surface area contributed by atoms with Crippen molar-refractivity contribution in [2.75, 3.05) is 37.7 Å². The summed E-state index contributed by atoms with van der Waals surface area (Å²) in [5.74, 6) is 1.05. The highest BCUT2D eigenvalue weighted by atomic mass is 16.5. The molecule has 0 unspecified atom stereocenters. The average molecular weight is 290 g/mol. The predicted molar refractivity (Wildman–Crippen MR) is 90.4 cm³/mol. The number of unbranched alkanes of at least 4 members (excludes halogenated alkanes) is 4. The van der Waals surface area contributed by atoms with Gasteiger partial charge in [0.25, 0.3) is 0 Å². The smallest absolute Gasteiger partial charge is 0.142 e. The third-order valence-corrected chi connectivity index (χ3v) is 4.05. The summed E-state index contributed by atoms with van der Waals surface area (Å²) in [7, 11) is 0. The highest BCUT2D eigenvalue weighted by Gasteiger charge is 2.13. The number of hydrogen-bond acceptors (Lipinski definition) is 3. The number of benzene rings is 1. The van der Waals surface area contributed by atoms with Crippen molar-refractivity contribution in [3.8, 4) is 5.75 Å². The minimum absolute atomic E-state index is 0.840. The van der Waals surface area contributed by atoms with Crippen molar-refractivity contribution in [3.63, 3.8) is 0 Å². The Hall–Kier alpha value is -1.22. The van der Waals surface area contributed by atoms with Crippen LogP contribution in [0.5, 0.6) is 5.75 Å². The summed E-state index contributed by atoms with van der Waals surface area (Å²) in [6, 6.07) is 8.49. The van der Waals surface area contributed by atoms with Crippen molar-refractivity contribution < 1.29 is 4.74 Å². The zero-order chi connectivity index (χ0) is 14.8. The maximum Gasteiger partial charge on any atom is 0.142 e. The van der Waals surface area contributed by atoms with Gasteiger partial charge in [-0.05, 0) is 31.5 Å². The Morgan fingerprint density at radius 2 is 1.90 bits per heavy atom. The number of hydrogen-bond donors (Lipinski definition) is 1. The van der Waals surface area contributed by atoms with E-state index in [-0.39, 0.29) is 0 Å². The quantitative estimate of drug-likeness (QED) is 0.736. The molecule has 0 aliphatic carbocycles. The molecule has 1 N–H and O–H groups in total. The van der Waals surface area contributed by atoms with Gasteiger partial charge in [0.05, 0.1) is 12.3 Å². The van der Waals surface area contributed by atoms with Gasteiger partial charge >= 0.3 is 0 Å². The number of rotatable bonds is 8. The molecular weight excluding hydrogens is 260 g/mol. The van der Waals surface area contributed by atoms with Crippen LogP contribution >= 0.6 is 0 Å². The third kappa shape index (κ3) is 5.58. The molecular formula is C18H30N2O. The summed E-state index contributed by atoms with van der Waals surface area (Å²) in [5, 5.41) is 3.46. The zero-order valence-electron chi connectivity index (χ0n) is 13.4. The molecule has 21 heavy (non-hydrogen) atoms. The fraction of sp³-hybridized carbons (Fsp3) is 0.667. The van der Waals surface area contributed by atoms with Crippen molar-refractivity contribution in [1.29, 1.82) is 0 Å². The summed E-state index contributed by atoms with van der Waals surface area (Å²) in [6.07, 6.45) is 7.62. The molecule has 1 saturated heterocycles. The van der Waals surface area contributed by atoms with Gasteiger partial charge in [-0.25, -0.2) is 0 Å². The second-order valence-corrected chi connectivity index (χ2v) is 5.82. The molecule has 1 aliphatic rings. The predicted octanol–water partition coefficient (Wildman–Crippen LogP) is 3.84. The van der Waals surface area contributed by atoms with Crippen LogP contribution in [0.4, 0.5) is 5.69 Å². The maximum absolute atomic E-state index is 6.05. The van der Waals surface area contributed by atoms with Gasteiger partial charge in [-0.1, -0.05) is 44.7 Å². The average Bonchev–Trinajstić information content (AvgIpc) is 2.80. The maximum atomic E-state index is 6.05. The van der Waals surface area contributed by atoms with Crippen LogP contribution in [0, 0.1) is 0 Å². The van der Waals surface area contributed by atoms with E-state index >= 15 is 0 Å². The Labute approximate surface area is 129 Å². The fourth-order valence-electron chi connectivity index (χ4n) is 2.81. The van der Waals surface area contributed by atoms with Gasteiger partial charge in [-0.3, -0.25) is 0 Å². The van der Waals surface area contributed by atoms with Gasteiger partial charge in [0, 0.05) is 19.6 Å². The Morgan fingerprint density at radius 1 is 1.05 bits per heavy atom. The van der Waals surface area contributed by atoms with E-state index in [0.29, 0.717) is 0 Å². The number of ether oxygens (including phenoxy) is 1. The molecule has 1 aromatic rings. The second-order valence-electron chi connectivity index (χ2n) is 5.82. The Kier molecular flexibility index (Phi) is 7.44. The van der Waals surface area contributed by atoms with Crippen LogP contribution in [-0.2, 0) is 0 Å². The molecule has 1 aliphatic heterocycles. The molecule has 0 aromatic heterocycles. The van der Waals surface area contributed by atoms with Crippen LogP contribution in [0.1, 0.15) is 45.4 Å². The van der Waals surface area contributed by atoms with E-state index in [1.807, 2.05) is 0 Å². The summed E-state index contributed by atoms with van der Waals surface area (Å²) in [6.45, 7) is 7.46. The Morgan fingerprint density at radius 3 is 2.81 bits per heavy atom. The molecule has 3 nitrogen and oxygen atoms in total. The second kappa shape index (κ2) is 9.67. The van der Waals surface area contributed by atoms with Crippen molar-refractivity contribution >= 4 is 5.69 Å². The molecule has 1 fully saturated rings. The molecule has 0 amide bonds. The lowest BCUT2D eigenvalue weighted by atomic mass is 10.2. The largest absolute Gasteiger partial charge is 0.491 e. The van der Waals surface area contributed by atoms with Crippen LogP contribution < -0.4 is 15.0 Å². The summed E-state index contributed by atoms with van der Waals surface area (Å²) in [5.41, 5.74) is 1.26. The van der Waals surface area contributed by atoms with Crippen molar-refractivity contribution in [2.24, 2.45) is 0 Å². The molecule has 1 aromatic carbocycles. The van der Waals surface area contributed by atoms with E-state index in [0.717, 1.165) is 45.0 Å². The van der Waals surface area contributed by atoms with Crippen molar-refractivity contribution in [1.82, 2.24) is 5.32 Å². The van der Waals surface area contributed by atoms with Gasteiger partial charge in [0.1, 0.15) is 5.75 Å². The van der Waals surface area contributed by atoms with Gasteiger partial charge in [-0.15, -0.1) is 0 Å². The van der Waals surface area contributed by atoms with Crippen molar-refractivity contribution in [2.45, 2.75) is 45.4 Å². The molecule has 0 radical (unpaired) electrons. The van der Waals surface area contributed by atoms with Gasteiger partial charge in [0.2, 0.25) is 0 Å². The summed E-state index contributed by atoms with van der Waals surface area (Å²) < 4.78 is 6.05. The molecule has 0 atom stereocenters. The van der Waals surface area contributed by atoms with Gasteiger partial charge in [0.15, 0.2) is 0 Å². The third-order valence-electron chi connectivity index (χ3n) is 4.05. The lowest BCUT2D eigenvalue weighted by Crippen LogP contribution is -2.28. The molecule has 0 saturated carbocycles. The Bertz CT molecular complexity index is 387. The van der Waals surface area contributed by atoms with E-state index < -0.39 is 0 Å². The lowest BCUT2D eigenvalue weighted by Gasteiger charge is -2.24. The molecule has 0 bridgehead atoms. The van der Waals surface area contributed by atoms with Crippen LogP contribution in [0.2, 0.25) is 0 Å². The van der Waals surface area contributed by atoms with E-state index in [9.17, 15) is 0 Å². The van der Waals surface area contributed by atoms with E-state index in [4.69, 9.17) is 4.74 Å².